The monoisotopic (exact) mass is 449 g/mol. The zero-order chi connectivity index (χ0) is 23.6. The quantitative estimate of drug-likeness (QED) is 0.308. The number of aryl methyl sites for hydroxylation is 1. The Morgan fingerprint density at radius 3 is 2.30 bits per heavy atom. The van der Waals surface area contributed by atoms with Gasteiger partial charge in [0.2, 0.25) is 0 Å². The smallest absolute Gasteiger partial charge is 0.329 e. The number of anilines is 1. The van der Waals surface area contributed by atoms with Crippen LogP contribution in [0.15, 0.2) is 71.8 Å². The van der Waals surface area contributed by atoms with Crippen LogP contribution in [0, 0.1) is 5.82 Å². The molecule has 3 aromatic carbocycles. The molecule has 0 saturated carbocycles. The first-order valence-corrected chi connectivity index (χ1v) is 10.3. The third-order valence-corrected chi connectivity index (χ3v) is 4.70. The van der Waals surface area contributed by atoms with E-state index in [1.54, 1.807) is 42.5 Å². The Hall–Kier alpha value is -4.20. The fraction of sp³-hybridized carbons (Fsp3) is 0.160. The fourth-order valence-electron chi connectivity index (χ4n) is 2.85. The molecule has 33 heavy (non-hydrogen) atoms. The van der Waals surface area contributed by atoms with Gasteiger partial charge in [-0.15, -0.1) is 0 Å². The molecular weight excluding hydrogens is 425 g/mol. The second-order valence-electron chi connectivity index (χ2n) is 7.03. The van der Waals surface area contributed by atoms with Crippen molar-refractivity contribution in [2.75, 3.05) is 12.4 Å². The van der Waals surface area contributed by atoms with Gasteiger partial charge in [0.25, 0.3) is 0 Å². The molecule has 0 spiro atoms. The minimum absolute atomic E-state index is 0.246. The summed E-state index contributed by atoms with van der Waals surface area (Å²) in [5.74, 6) is -1.07. The summed E-state index contributed by atoms with van der Waals surface area (Å²) in [6.45, 7) is 2.28. The van der Waals surface area contributed by atoms with Crippen LogP contribution in [0.2, 0.25) is 0 Å². The van der Waals surface area contributed by atoms with Crippen LogP contribution in [0.4, 0.5) is 10.1 Å². The predicted molar refractivity (Wildman–Crippen MR) is 124 cm³/mol. The summed E-state index contributed by atoms with van der Waals surface area (Å²) in [4.78, 5) is 24.0. The predicted octanol–water partition coefficient (Wildman–Crippen LogP) is 4.06. The first-order valence-electron chi connectivity index (χ1n) is 10.3. The molecule has 0 aliphatic rings. The zero-order valence-electron chi connectivity index (χ0n) is 18.3. The van der Waals surface area contributed by atoms with Crippen molar-refractivity contribution in [1.82, 2.24) is 5.43 Å². The van der Waals surface area contributed by atoms with Crippen molar-refractivity contribution in [3.63, 3.8) is 0 Å². The molecule has 0 heterocycles. The van der Waals surface area contributed by atoms with E-state index in [0.717, 1.165) is 17.5 Å². The molecular formula is C25H24FN3O4. The molecule has 3 aromatic rings. The Labute approximate surface area is 191 Å². The van der Waals surface area contributed by atoms with Gasteiger partial charge in [0.05, 0.1) is 13.3 Å². The molecule has 0 unspecified atom stereocenters. The number of hydrazone groups is 1. The summed E-state index contributed by atoms with van der Waals surface area (Å²) >= 11 is 0. The molecule has 0 fully saturated rings. The minimum Gasteiger partial charge on any atom is -0.493 e. The molecule has 0 aliphatic heterocycles. The average Bonchev–Trinajstić information content (AvgIpc) is 2.84. The van der Waals surface area contributed by atoms with Gasteiger partial charge in [0, 0.05) is 5.69 Å². The van der Waals surface area contributed by atoms with Crippen LogP contribution in [0.3, 0.4) is 0 Å². The first-order chi connectivity index (χ1) is 16.0. The number of rotatable bonds is 8. The average molecular weight is 449 g/mol. The van der Waals surface area contributed by atoms with Crippen LogP contribution in [-0.4, -0.2) is 25.1 Å². The van der Waals surface area contributed by atoms with Crippen LogP contribution < -0.4 is 20.2 Å². The first kappa shape index (κ1) is 23.5. The van der Waals surface area contributed by atoms with Crippen LogP contribution in [-0.2, 0) is 22.6 Å². The lowest BCUT2D eigenvalue weighted by Gasteiger charge is -2.11. The van der Waals surface area contributed by atoms with Gasteiger partial charge < -0.3 is 14.8 Å². The van der Waals surface area contributed by atoms with Gasteiger partial charge in [0.15, 0.2) is 11.5 Å². The molecule has 0 aromatic heterocycles. The van der Waals surface area contributed by atoms with Gasteiger partial charge in [-0.05, 0) is 65.6 Å². The normalized spacial score (nSPS) is 10.6. The topological polar surface area (TPSA) is 89.0 Å². The number of hydrogen-bond donors (Lipinski definition) is 2. The number of carbonyl (C=O) groups is 2. The number of benzene rings is 3. The van der Waals surface area contributed by atoms with Gasteiger partial charge >= 0.3 is 11.8 Å². The Morgan fingerprint density at radius 1 is 0.939 bits per heavy atom. The largest absolute Gasteiger partial charge is 0.493 e. The molecule has 0 bridgehead atoms. The summed E-state index contributed by atoms with van der Waals surface area (Å²) in [6.07, 6.45) is 2.27. The van der Waals surface area contributed by atoms with E-state index in [1.165, 1.54) is 25.5 Å². The highest BCUT2D eigenvalue weighted by Gasteiger charge is 2.13. The van der Waals surface area contributed by atoms with Crippen LogP contribution in [0.25, 0.3) is 0 Å². The van der Waals surface area contributed by atoms with Crippen LogP contribution in [0.5, 0.6) is 11.5 Å². The van der Waals surface area contributed by atoms with Crippen molar-refractivity contribution in [2.24, 2.45) is 5.10 Å². The molecule has 2 amide bonds. The number of nitrogens with one attached hydrogen (secondary N) is 2. The molecule has 7 nitrogen and oxygen atoms in total. The third kappa shape index (κ3) is 6.90. The highest BCUT2D eigenvalue weighted by molar-refractivity contribution is 6.39. The maximum Gasteiger partial charge on any atom is 0.329 e. The molecule has 3 rings (SSSR count). The Morgan fingerprint density at radius 2 is 1.64 bits per heavy atom. The second-order valence-corrected chi connectivity index (χ2v) is 7.03. The lowest BCUT2D eigenvalue weighted by Crippen LogP contribution is -2.32. The molecule has 0 saturated heterocycles. The van der Waals surface area contributed by atoms with E-state index in [4.69, 9.17) is 9.47 Å². The lowest BCUT2D eigenvalue weighted by atomic mass is 10.1. The SMILES string of the molecule is CCc1ccc(NC(=O)C(=O)N/N=C\c2ccc(OCc3ccc(F)cc3)c(OC)c2)cc1. The second kappa shape index (κ2) is 11.4. The van der Waals surface area contributed by atoms with Crippen molar-refractivity contribution < 1.29 is 23.5 Å². The molecule has 0 atom stereocenters. The van der Waals surface area contributed by atoms with Gasteiger partial charge in [0.1, 0.15) is 12.4 Å². The Bertz CT molecular complexity index is 1130. The minimum atomic E-state index is -0.892. The van der Waals surface area contributed by atoms with E-state index < -0.39 is 11.8 Å². The van der Waals surface area contributed by atoms with Crippen molar-refractivity contribution in [2.45, 2.75) is 20.0 Å². The van der Waals surface area contributed by atoms with Crippen molar-refractivity contribution in [3.05, 3.63) is 89.2 Å². The molecule has 2 N–H and O–H groups in total. The van der Waals surface area contributed by atoms with E-state index in [1.807, 2.05) is 19.1 Å². The molecule has 0 aliphatic carbocycles. The summed E-state index contributed by atoms with van der Waals surface area (Å²) in [5.41, 5.74) is 5.28. The van der Waals surface area contributed by atoms with E-state index in [-0.39, 0.29) is 12.4 Å². The number of ether oxygens (including phenoxy) is 2. The van der Waals surface area contributed by atoms with Gasteiger partial charge in [-0.2, -0.15) is 5.10 Å². The number of amides is 2. The van der Waals surface area contributed by atoms with Gasteiger partial charge in [-0.1, -0.05) is 31.2 Å². The van der Waals surface area contributed by atoms with E-state index in [0.29, 0.717) is 22.7 Å². The number of methoxy groups -OCH3 is 1. The summed E-state index contributed by atoms with van der Waals surface area (Å²) < 4.78 is 24.1. The third-order valence-electron chi connectivity index (χ3n) is 4.70. The molecule has 0 radical (unpaired) electrons. The highest BCUT2D eigenvalue weighted by Crippen LogP contribution is 2.28. The number of halogens is 1. The van der Waals surface area contributed by atoms with E-state index in [2.05, 4.69) is 15.8 Å². The fourth-order valence-corrected chi connectivity index (χ4v) is 2.85. The number of hydrogen-bond acceptors (Lipinski definition) is 5. The molecule has 8 heteroatoms. The van der Waals surface area contributed by atoms with E-state index in [9.17, 15) is 14.0 Å². The van der Waals surface area contributed by atoms with Crippen LogP contribution in [0.1, 0.15) is 23.6 Å². The van der Waals surface area contributed by atoms with Crippen LogP contribution >= 0.6 is 0 Å². The summed E-state index contributed by atoms with van der Waals surface area (Å²) in [7, 11) is 1.50. The maximum atomic E-state index is 13.0. The van der Waals surface area contributed by atoms with Crippen molar-refractivity contribution >= 4 is 23.7 Å². The van der Waals surface area contributed by atoms with Gasteiger partial charge in [-0.3, -0.25) is 9.59 Å². The number of nitrogens with zero attached hydrogens (tertiary/aromatic N) is 1. The van der Waals surface area contributed by atoms with Gasteiger partial charge in [-0.25, -0.2) is 9.82 Å². The van der Waals surface area contributed by atoms with Crippen molar-refractivity contribution in [3.8, 4) is 11.5 Å². The lowest BCUT2D eigenvalue weighted by molar-refractivity contribution is -0.136. The highest BCUT2D eigenvalue weighted by atomic mass is 19.1. The summed E-state index contributed by atoms with van der Waals surface area (Å²) in [5, 5.41) is 6.34. The maximum absolute atomic E-state index is 13.0. The Balaban J connectivity index is 1.54. The zero-order valence-corrected chi connectivity index (χ0v) is 18.3. The Kier molecular flexibility index (Phi) is 8.13. The summed E-state index contributed by atoms with van der Waals surface area (Å²) in [6, 6.07) is 18.3. The van der Waals surface area contributed by atoms with Crippen molar-refractivity contribution in [1.29, 1.82) is 0 Å². The van der Waals surface area contributed by atoms with E-state index >= 15 is 0 Å². The number of carbonyl (C=O) groups excluding carboxylic acids is 2. The standard InChI is InChI=1S/C25H24FN3O4/c1-3-17-6-11-21(12-7-17)28-24(30)25(31)29-27-15-19-8-13-22(23(14-19)32-2)33-16-18-4-9-20(26)10-5-18/h4-15H,3,16H2,1-2H3,(H,28,30)(H,29,31)/b27-15-. The molecule has 170 valence electrons.